The van der Waals surface area contributed by atoms with E-state index < -0.39 is 0 Å². The van der Waals surface area contributed by atoms with Crippen LogP contribution in [-0.2, 0) is 6.42 Å². The highest BCUT2D eigenvalue weighted by Crippen LogP contribution is 2.22. The standard InChI is InChI=1S/C21H22N2O/c1-4-17-5-9-20(10-6-17)23-15(2)13-18(16(23)3)14-22-19-7-11-21(24)12-8-19/h5-14,24H,4H2,1-3H3. The third kappa shape index (κ3) is 3.25. The maximum absolute atomic E-state index is 9.33. The Hall–Kier alpha value is -2.81. The van der Waals surface area contributed by atoms with E-state index in [2.05, 4.69) is 60.7 Å². The van der Waals surface area contributed by atoms with Crippen molar-refractivity contribution in [3.05, 3.63) is 77.1 Å². The molecule has 1 N–H and O–H groups in total. The van der Waals surface area contributed by atoms with Crippen LogP contribution in [0.25, 0.3) is 5.69 Å². The Labute approximate surface area is 142 Å². The van der Waals surface area contributed by atoms with E-state index in [4.69, 9.17) is 0 Å². The van der Waals surface area contributed by atoms with Gasteiger partial charge in [0.2, 0.25) is 0 Å². The molecule has 1 aromatic heterocycles. The lowest BCUT2D eigenvalue weighted by molar-refractivity contribution is 0.475. The smallest absolute Gasteiger partial charge is 0.115 e. The second kappa shape index (κ2) is 6.75. The van der Waals surface area contributed by atoms with Crippen LogP contribution in [0, 0.1) is 13.8 Å². The van der Waals surface area contributed by atoms with Gasteiger partial charge in [-0.15, -0.1) is 0 Å². The van der Waals surface area contributed by atoms with E-state index in [0.29, 0.717) is 0 Å². The van der Waals surface area contributed by atoms with Gasteiger partial charge in [0, 0.05) is 28.9 Å². The van der Waals surface area contributed by atoms with Gasteiger partial charge < -0.3 is 9.67 Å². The van der Waals surface area contributed by atoms with E-state index in [1.54, 1.807) is 24.3 Å². The van der Waals surface area contributed by atoms with E-state index in [9.17, 15) is 5.11 Å². The molecule has 24 heavy (non-hydrogen) atoms. The normalized spacial score (nSPS) is 11.3. The fourth-order valence-corrected chi connectivity index (χ4v) is 2.88. The molecule has 0 amide bonds. The number of aliphatic imine (C=N–C) groups is 1. The molecule has 0 saturated heterocycles. The van der Waals surface area contributed by atoms with Crippen molar-refractivity contribution in [3.63, 3.8) is 0 Å². The maximum atomic E-state index is 9.33. The summed E-state index contributed by atoms with van der Waals surface area (Å²) in [6.07, 6.45) is 2.93. The second-order valence-electron chi connectivity index (χ2n) is 5.96. The molecular weight excluding hydrogens is 296 g/mol. The van der Waals surface area contributed by atoms with Gasteiger partial charge in [-0.2, -0.15) is 0 Å². The molecule has 2 aromatic carbocycles. The number of rotatable bonds is 4. The first kappa shape index (κ1) is 16.1. The van der Waals surface area contributed by atoms with Crippen LogP contribution < -0.4 is 0 Å². The summed E-state index contributed by atoms with van der Waals surface area (Å²) in [7, 11) is 0. The molecule has 0 fully saturated rings. The van der Waals surface area contributed by atoms with Crippen molar-refractivity contribution in [2.45, 2.75) is 27.2 Å². The largest absolute Gasteiger partial charge is 0.508 e. The van der Waals surface area contributed by atoms with Crippen molar-refractivity contribution in [2.75, 3.05) is 0 Å². The third-order valence-electron chi connectivity index (χ3n) is 4.28. The summed E-state index contributed by atoms with van der Waals surface area (Å²) in [5, 5.41) is 9.33. The number of hydrogen-bond donors (Lipinski definition) is 1. The van der Waals surface area contributed by atoms with Gasteiger partial charge in [0.1, 0.15) is 5.75 Å². The van der Waals surface area contributed by atoms with Crippen molar-refractivity contribution < 1.29 is 5.11 Å². The predicted molar refractivity (Wildman–Crippen MR) is 100.0 cm³/mol. The summed E-state index contributed by atoms with van der Waals surface area (Å²) in [5.74, 6) is 0.252. The molecule has 1 heterocycles. The number of benzene rings is 2. The summed E-state index contributed by atoms with van der Waals surface area (Å²) in [6.45, 7) is 6.39. The Kier molecular flexibility index (Phi) is 4.52. The van der Waals surface area contributed by atoms with Crippen LogP contribution >= 0.6 is 0 Å². The first-order valence-corrected chi connectivity index (χ1v) is 8.20. The molecule has 3 rings (SSSR count). The van der Waals surface area contributed by atoms with Crippen molar-refractivity contribution in [1.29, 1.82) is 0 Å². The first-order chi connectivity index (χ1) is 11.6. The molecule has 0 aliphatic heterocycles. The zero-order chi connectivity index (χ0) is 17.1. The van der Waals surface area contributed by atoms with Crippen molar-refractivity contribution in [3.8, 4) is 11.4 Å². The molecule has 0 atom stereocenters. The van der Waals surface area contributed by atoms with Gasteiger partial charge in [0.05, 0.1) is 5.69 Å². The van der Waals surface area contributed by atoms with Crippen LogP contribution in [0.5, 0.6) is 5.75 Å². The molecule has 0 aliphatic rings. The number of aromatic nitrogens is 1. The molecule has 3 heteroatoms. The Morgan fingerprint density at radius 2 is 1.67 bits per heavy atom. The number of aromatic hydroxyl groups is 1. The van der Waals surface area contributed by atoms with Gasteiger partial charge in [-0.25, -0.2) is 0 Å². The Bertz CT molecular complexity index is 856. The van der Waals surface area contributed by atoms with Gasteiger partial charge in [0.25, 0.3) is 0 Å². The maximum Gasteiger partial charge on any atom is 0.115 e. The first-order valence-electron chi connectivity index (χ1n) is 8.20. The zero-order valence-corrected chi connectivity index (χ0v) is 14.3. The lowest BCUT2D eigenvalue weighted by Crippen LogP contribution is -1.99. The monoisotopic (exact) mass is 318 g/mol. The SMILES string of the molecule is CCc1ccc(-n2c(C)cc(C=Nc3ccc(O)cc3)c2C)cc1. The third-order valence-corrected chi connectivity index (χ3v) is 4.28. The van der Waals surface area contributed by atoms with Gasteiger partial charge in [-0.3, -0.25) is 4.99 Å². The van der Waals surface area contributed by atoms with Gasteiger partial charge in [-0.1, -0.05) is 19.1 Å². The quantitative estimate of drug-likeness (QED) is 0.667. The van der Waals surface area contributed by atoms with Gasteiger partial charge in [0.15, 0.2) is 0 Å². The van der Waals surface area contributed by atoms with Crippen molar-refractivity contribution >= 4 is 11.9 Å². The highest BCUT2D eigenvalue weighted by molar-refractivity contribution is 5.84. The van der Waals surface area contributed by atoms with Crippen LogP contribution in [0.2, 0.25) is 0 Å². The Balaban J connectivity index is 1.92. The van der Waals surface area contributed by atoms with Crippen LogP contribution in [0.3, 0.4) is 0 Å². The van der Waals surface area contributed by atoms with Crippen LogP contribution in [0.15, 0.2) is 59.6 Å². The highest BCUT2D eigenvalue weighted by Gasteiger charge is 2.09. The molecule has 0 radical (unpaired) electrons. The van der Waals surface area contributed by atoms with E-state index in [-0.39, 0.29) is 5.75 Å². The molecule has 0 bridgehead atoms. The lowest BCUT2D eigenvalue weighted by atomic mass is 10.1. The Morgan fingerprint density at radius 3 is 2.29 bits per heavy atom. The minimum absolute atomic E-state index is 0.252. The van der Waals surface area contributed by atoms with E-state index in [1.165, 1.54) is 22.6 Å². The molecule has 122 valence electrons. The van der Waals surface area contributed by atoms with Crippen LogP contribution in [-0.4, -0.2) is 15.9 Å². The zero-order valence-electron chi connectivity index (χ0n) is 14.3. The van der Waals surface area contributed by atoms with Gasteiger partial charge in [-0.05, 0) is 68.3 Å². The fraction of sp³-hybridized carbons (Fsp3) is 0.190. The second-order valence-corrected chi connectivity index (χ2v) is 5.96. The summed E-state index contributed by atoms with van der Waals surface area (Å²) >= 11 is 0. The van der Waals surface area contributed by atoms with E-state index in [0.717, 1.165) is 17.7 Å². The van der Waals surface area contributed by atoms with Crippen LogP contribution in [0.1, 0.15) is 29.4 Å². The summed E-state index contributed by atoms with van der Waals surface area (Å²) < 4.78 is 2.25. The minimum atomic E-state index is 0.252. The fourth-order valence-electron chi connectivity index (χ4n) is 2.88. The predicted octanol–water partition coefficient (Wildman–Crippen LogP) is 5.11. The molecule has 3 nitrogen and oxygen atoms in total. The Morgan fingerprint density at radius 1 is 1.00 bits per heavy atom. The minimum Gasteiger partial charge on any atom is -0.508 e. The van der Waals surface area contributed by atoms with Crippen molar-refractivity contribution in [1.82, 2.24) is 4.57 Å². The molecule has 0 spiro atoms. The molecule has 0 saturated carbocycles. The number of phenolic OH excluding ortho intramolecular Hbond substituents is 1. The van der Waals surface area contributed by atoms with Gasteiger partial charge >= 0.3 is 0 Å². The number of phenols is 1. The molecular formula is C21H22N2O. The lowest BCUT2D eigenvalue weighted by Gasteiger charge is -2.10. The number of hydrogen-bond acceptors (Lipinski definition) is 2. The summed E-state index contributed by atoms with van der Waals surface area (Å²) in [6, 6.07) is 17.7. The highest BCUT2D eigenvalue weighted by atomic mass is 16.3. The average molecular weight is 318 g/mol. The summed E-state index contributed by atoms with van der Waals surface area (Å²) in [5.41, 5.74) is 6.79. The number of aryl methyl sites for hydroxylation is 2. The molecule has 0 unspecified atom stereocenters. The van der Waals surface area contributed by atoms with Crippen molar-refractivity contribution in [2.24, 2.45) is 4.99 Å². The van der Waals surface area contributed by atoms with E-state index in [1.807, 2.05) is 6.21 Å². The molecule has 3 aromatic rings. The summed E-state index contributed by atoms with van der Waals surface area (Å²) in [4.78, 5) is 4.50. The van der Waals surface area contributed by atoms with E-state index >= 15 is 0 Å². The topological polar surface area (TPSA) is 37.5 Å². The molecule has 0 aliphatic carbocycles. The van der Waals surface area contributed by atoms with Crippen LogP contribution in [0.4, 0.5) is 5.69 Å². The number of nitrogens with zero attached hydrogens (tertiary/aromatic N) is 2. The average Bonchev–Trinajstić information content (AvgIpc) is 2.88.